The van der Waals surface area contributed by atoms with Crippen LogP contribution in [0.3, 0.4) is 0 Å². The van der Waals surface area contributed by atoms with Crippen molar-refractivity contribution in [1.82, 2.24) is 0 Å². The Morgan fingerprint density at radius 3 is 2.40 bits per heavy atom. The minimum atomic E-state index is 0.0410. The molecule has 0 amide bonds. The largest absolute Gasteiger partial charge is 0.392 e. The molecule has 0 aromatic heterocycles. The zero-order valence-corrected chi connectivity index (χ0v) is 9.86. The second-order valence-corrected chi connectivity index (χ2v) is 6.27. The predicted octanol–water partition coefficient (Wildman–Crippen LogP) is 1.78. The SMILES string of the molecule is C[N+]1([C@H]2CC[C@@H]3CC[C@@H]2[C@@H]3O)CCCC1. The lowest BCUT2D eigenvalue weighted by Gasteiger charge is -2.45. The molecule has 0 spiro atoms. The number of likely N-dealkylation sites (tertiary alicyclic amines) is 1. The van der Waals surface area contributed by atoms with Gasteiger partial charge in [-0.3, -0.25) is 0 Å². The van der Waals surface area contributed by atoms with Gasteiger partial charge in [0.25, 0.3) is 0 Å². The summed E-state index contributed by atoms with van der Waals surface area (Å²) in [7, 11) is 2.43. The van der Waals surface area contributed by atoms with Crippen molar-refractivity contribution in [2.45, 2.75) is 50.7 Å². The van der Waals surface area contributed by atoms with Gasteiger partial charge in [-0.25, -0.2) is 0 Å². The average molecular weight is 210 g/mol. The molecule has 86 valence electrons. The number of hydrogen-bond donors (Lipinski definition) is 1. The number of rotatable bonds is 1. The van der Waals surface area contributed by atoms with Crippen LogP contribution < -0.4 is 0 Å². The third-order valence-corrected chi connectivity index (χ3v) is 5.51. The molecule has 3 aliphatic rings. The molecule has 1 aliphatic heterocycles. The van der Waals surface area contributed by atoms with E-state index in [1.54, 1.807) is 0 Å². The Balaban J connectivity index is 1.81. The van der Waals surface area contributed by atoms with Crippen LogP contribution >= 0.6 is 0 Å². The summed E-state index contributed by atoms with van der Waals surface area (Å²) in [5, 5.41) is 10.2. The first kappa shape index (κ1) is 10.1. The van der Waals surface area contributed by atoms with E-state index in [1.165, 1.54) is 56.1 Å². The van der Waals surface area contributed by atoms with Crippen molar-refractivity contribution < 1.29 is 9.59 Å². The first-order chi connectivity index (χ1) is 7.21. The van der Waals surface area contributed by atoms with Gasteiger partial charge < -0.3 is 9.59 Å². The van der Waals surface area contributed by atoms with Gasteiger partial charge in [-0.15, -0.1) is 0 Å². The van der Waals surface area contributed by atoms with Crippen molar-refractivity contribution in [3.63, 3.8) is 0 Å². The van der Waals surface area contributed by atoms with Gasteiger partial charge in [0, 0.05) is 25.2 Å². The molecule has 0 unspecified atom stereocenters. The first-order valence-electron chi connectivity index (χ1n) is 6.73. The third kappa shape index (κ3) is 1.45. The summed E-state index contributed by atoms with van der Waals surface area (Å²) in [6.07, 6.45) is 8.10. The van der Waals surface area contributed by atoms with E-state index >= 15 is 0 Å². The molecule has 3 fully saturated rings. The molecule has 15 heavy (non-hydrogen) atoms. The van der Waals surface area contributed by atoms with E-state index in [1.807, 2.05) is 0 Å². The summed E-state index contributed by atoms with van der Waals surface area (Å²) in [5.74, 6) is 1.28. The van der Waals surface area contributed by atoms with Crippen molar-refractivity contribution in [2.24, 2.45) is 11.8 Å². The molecule has 0 aromatic carbocycles. The molecule has 2 aliphatic carbocycles. The Bertz CT molecular complexity index is 247. The predicted molar refractivity (Wildman–Crippen MR) is 60.4 cm³/mol. The summed E-state index contributed by atoms with van der Waals surface area (Å²) < 4.78 is 1.27. The summed E-state index contributed by atoms with van der Waals surface area (Å²) in [5.41, 5.74) is 0. The molecular weight excluding hydrogens is 186 g/mol. The lowest BCUT2D eigenvalue weighted by molar-refractivity contribution is -0.927. The van der Waals surface area contributed by atoms with Crippen molar-refractivity contribution in [3.8, 4) is 0 Å². The zero-order chi connectivity index (χ0) is 10.5. The molecule has 3 rings (SSSR count). The quantitative estimate of drug-likeness (QED) is 0.654. The van der Waals surface area contributed by atoms with Crippen molar-refractivity contribution in [3.05, 3.63) is 0 Å². The van der Waals surface area contributed by atoms with Crippen LogP contribution in [-0.2, 0) is 0 Å². The second kappa shape index (κ2) is 3.46. The normalized spacial score (nSPS) is 48.4. The van der Waals surface area contributed by atoms with Gasteiger partial charge in [-0.05, 0) is 25.2 Å². The minimum absolute atomic E-state index is 0.0410. The van der Waals surface area contributed by atoms with Crippen LogP contribution in [0.1, 0.15) is 38.5 Å². The van der Waals surface area contributed by atoms with E-state index < -0.39 is 0 Å². The molecule has 1 heterocycles. The van der Waals surface area contributed by atoms with Crippen LogP contribution in [0, 0.1) is 11.8 Å². The van der Waals surface area contributed by atoms with Gasteiger partial charge in [0.15, 0.2) is 0 Å². The van der Waals surface area contributed by atoms with Gasteiger partial charge >= 0.3 is 0 Å². The van der Waals surface area contributed by atoms with Crippen LogP contribution in [0.4, 0.5) is 0 Å². The minimum Gasteiger partial charge on any atom is -0.392 e. The molecule has 0 aromatic rings. The maximum absolute atomic E-state index is 10.2. The highest BCUT2D eigenvalue weighted by molar-refractivity contribution is 4.94. The molecule has 1 saturated heterocycles. The maximum Gasteiger partial charge on any atom is 0.0941 e. The van der Waals surface area contributed by atoms with Gasteiger partial charge in [0.2, 0.25) is 0 Å². The number of aliphatic hydroxyl groups excluding tert-OH is 1. The fourth-order valence-electron chi connectivity index (χ4n) is 4.60. The van der Waals surface area contributed by atoms with E-state index in [9.17, 15) is 5.11 Å². The number of hydrogen-bond acceptors (Lipinski definition) is 1. The van der Waals surface area contributed by atoms with Crippen molar-refractivity contribution >= 4 is 0 Å². The molecule has 2 heteroatoms. The number of nitrogens with zero attached hydrogens (tertiary/aromatic N) is 1. The Hall–Kier alpha value is -0.0800. The molecular formula is C13H24NO+. The molecule has 0 radical (unpaired) electrons. The van der Waals surface area contributed by atoms with E-state index in [2.05, 4.69) is 7.05 Å². The summed E-state index contributed by atoms with van der Waals surface area (Å²) in [4.78, 5) is 0. The summed E-state index contributed by atoms with van der Waals surface area (Å²) >= 11 is 0. The molecule has 1 N–H and O–H groups in total. The van der Waals surface area contributed by atoms with E-state index in [0.29, 0.717) is 11.8 Å². The van der Waals surface area contributed by atoms with E-state index in [-0.39, 0.29) is 6.10 Å². The fraction of sp³-hybridized carbons (Fsp3) is 1.00. The van der Waals surface area contributed by atoms with Crippen LogP contribution in [0.5, 0.6) is 0 Å². The second-order valence-electron chi connectivity index (χ2n) is 6.27. The zero-order valence-electron chi connectivity index (χ0n) is 9.86. The van der Waals surface area contributed by atoms with Crippen molar-refractivity contribution in [1.29, 1.82) is 0 Å². The standard InChI is InChI=1S/C13H24NO/c1-14(8-2-3-9-14)12-7-5-10-4-6-11(12)13(10)15/h10-13,15H,2-9H2,1H3/q+1/t10-,11-,12-,13+/m0/s1. The lowest BCUT2D eigenvalue weighted by Crippen LogP contribution is -2.56. The lowest BCUT2D eigenvalue weighted by atomic mass is 9.80. The summed E-state index contributed by atoms with van der Waals surface area (Å²) in [6.45, 7) is 2.72. The molecule has 4 atom stereocenters. The van der Waals surface area contributed by atoms with Crippen LogP contribution in [-0.4, -0.2) is 41.9 Å². The topological polar surface area (TPSA) is 20.2 Å². The van der Waals surface area contributed by atoms with Crippen LogP contribution in [0.15, 0.2) is 0 Å². The Kier molecular flexibility index (Phi) is 2.33. The van der Waals surface area contributed by atoms with Crippen LogP contribution in [0.25, 0.3) is 0 Å². The van der Waals surface area contributed by atoms with Gasteiger partial charge in [-0.1, -0.05) is 0 Å². The average Bonchev–Trinajstić information content (AvgIpc) is 2.72. The highest BCUT2D eigenvalue weighted by Crippen LogP contribution is 2.46. The first-order valence-corrected chi connectivity index (χ1v) is 6.73. The Labute approximate surface area is 92.9 Å². The highest BCUT2D eigenvalue weighted by Gasteiger charge is 2.51. The Morgan fingerprint density at radius 1 is 1.00 bits per heavy atom. The van der Waals surface area contributed by atoms with Crippen LogP contribution in [0.2, 0.25) is 0 Å². The molecule has 2 saturated carbocycles. The van der Waals surface area contributed by atoms with E-state index in [4.69, 9.17) is 0 Å². The van der Waals surface area contributed by atoms with E-state index in [0.717, 1.165) is 6.04 Å². The number of aliphatic hydroxyl groups is 1. The van der Waals surface area contributed by atoms with Gasteiger partial charge in [0.1, 0.15) is 0 Å². The van der Waals surface area contributed by atoms with Crippen molar-refractivity contribution in [2.75, 3.05) is 20.1 Å². The number of quaternary nitrogens is 1. The van der Waals surface area contributed by atoms with Gasteiger partial charge in [0.05, 0.1) is 32.3 Å². The summed E-state index contributed by atoms with van der Waals surface area (Å²) in [6, 6.07) is 0.779. The monoisotopic (exact) mass is 210 g/mol. The molecule has 2 nitrogen and oxygen atoms in total. The smallest absolute Gasteiger partial charge is 0.0941 e. The molecule has 2 bridgehead atoms. The Morgan fingerprint density at radius 2 is 1.67 bits per heavy atom. The number of fused-ring (bicyclic) bond motifs is 2. The maximum atomic E-state index is 10.2. The van der Waals surface area contributed by atoms with Gasteiger partial charge in [-0.2, -0.15) is 0 Å². The fourth-order valence-corrected chi connectivity index (χ4v) is 4.60. The third-order valence-electron chi connectivity index (χ3n) is 5.51. The highest BCUT2D eigenvalue weighted by atomic mass is 16.3.